The molecule has 1 amide bonds. The second kappa shape index (κ2) is 13.5. The summed E-state index contributed by atoms with van der Waals surface area (Å²) in [5.41, 5.74) is 3.25. The van der Waals surface area contributed by atoms with Crippen LogP contribution in [-0.4, -0.2) is 32.4 Å². The van der Waals surface area contributed by atoms with Crippen molar-refractivity contribution in [2.75, 3.05) is 11.5 Å². The largest absolute Gasteiger partial charge is 0.446 e. The van der Waals surface area contributed by atoms with Gasteiger partial charge in [0.2, 0.25) is 9.04 Å². The number of carbonyl (C=O) groups excluding carboxylic acids is 1. The summed E-state index contributed by atoms with van der Waals surface area (Å²) in [6.07, 6.45) is -0.211. The predicted octanol–water partition coefficient (Wildman–Crippen LogP) is 7.23. The topological polar surface area (TPSA) is 59.0 Å². The second-order valence-corrected chi connectivity index (χ2v) is 15.4. The highest BCUT2D eigenvalue weighted by atomic mass is 28.3. The molecule has 1 N–H and O–H groups in total. The number of hydrogen-bond donors (Lipinski definition) is 1. The van der Waals surface area contributed by atoms with E-state index in [0.717, 1.165) is 15.9 Å². The molecule has 6 rings (SSSR count). The molecule has 0 saturated carbocycles. The van der Waals surface area contributed by atoms with E-state index < -0.39 is 26.8 Å². The highest BCUT2D eigenvalue weighted by Crippen LogP contribution is 2.44. The summed E-state index contributed by atoms with van der Waals surface area (Å²) in [5.74, 6) is 0. The van der Waals surface area contributed by atoms with E-state index in [1.165, 1.54) is 11.1 Å². The van der Waals surface area contributed by atoms with Crippen molar-refractivity contribution in [3.63, 3.8) is 0 Å². The Labute approximate surface area is 273 Å². The number of rotatable bonds is 8. The Morgan fingerprint density at radius 3 is 1.76 bits per heavy atom. The minimum atomic E-state index is -2.30. The number of fused-ring (bicyclic) bond motifs is 1. The third-order valence-corrected chi connectivity index (χ3v) is 11.3. The summed E-state index contributed by atoms with van der Waals surface area (Å²) in [7, 11) is -2.30. The van der Waals surface area contributed by atoms with E-state index in [2.05, 4.69) is 63.2 Å². The van der Waals surface area contributed by atoms with Crippen LogP contribution in [0.3, 0.4) is 0 Å². The number of anilines is 2. The zero-order valence-corrected chi connectivity index (χ0v) is 27.8. The van der Waals surface area contributed by atoms with Crippen molar-refractivity contribution < 1.29 is 19.1 Å². The molecule has 1 unspecified atom stereocenters. The van der Waals surface area contributed by atoms with Crippen molar-refractivity contribution in [3.8, 4) is 0 Å². The number of benzene rings is 5. The van der Waals surface area contributed by atoms with E-state index in [1.807, 2.05) is 97.1 Å². The molecule has 0 aliphatic heterocycles. The van der Waals surface area contributed by atoms with E-state index >= 15 is 0 Å². The maximum absolute atomic E-state index is 13.9. The van der Waals surface area contributed by atoms with E-state index in [-0.39, 0.29) is 12.0 Å². The van der Waals surface area contributed by atoms with Crippen molar-refractivity contribution in [2.24, 2.45) is 0 Å². The molecule has 0 heterocycles. The maximum Gasteiger partial charge on any atom is 0.419 e. The summed E-state index contributed by atoms with van der Waals surface area (Å²) in [6.45, 7) is 6.44. The van der Waals surface area contributed by atoms with Gasteiger partial charge in [0.25, 0.3) is 0 Å². The van der Waals surface area contributed by atoms with Crippen LogP contribution in [-0.2, 0) is 21.0 Å². The highest BCUT2D eigenvalue weighted by Gasteiger charge is 2.46. The van der Waals surface area contributed by atoms with Gasteiger partial charge in [-0.05, 0) is 69.6 Å². The van der Waals surface area contributed by atoms with Gasteiger partial charge in [-0.25, -0.2) is 9.69 Å². The molecule has 234 valence electrons. The molecule has 0 radical (unpaired) electrons. The van der Waals surface area contributed by atoms with E-state index in [1.54, 1.807) is 4.90 Å². The van der Waals surface area contributed by atoms with Crippen LogP contribution in [0.4, 0.5) is 16.2 Å². The number of para-hydroxylation sites is 2. The average Bonchev–Trinajstić information content (AvgIpc) is 3.08. The normalized spacial score (nSPS) is 17.7. The summed E-state index contributed by atoms with van der Waals surface area (Å²) >= 11 is 0. The van der Waals surface area contributed by atoms with Crippen LogP contribution < -0.4 is 15.3 Å². The zero-order valence-electron chi connectivity index (χ0n) is 26.7. The summed E-state index contributed by atoms with van der Waals surface area (Å²) in [4.78, 5) is 15.4. The number of amides is 1. The fourth-order valence-corrected chi connectivity index (χ4v) is 8.96. The standard InChI is InChI=1S/C40H41NO4Si/c1-39(2,3)36-26-16-25-35-34(36)27-28-40(43,37(35)45-46(32-21-12-6-13-22-32)33-23-14-7-15-24-33)29-44-38(42)41(30-17-8-4-9-18-30)31-19-10-5-11-20-31/h4-26,37,43,46H,27-29H2,1-3H3/t37?,40-/m1/s1. The van der Waals surface area contributed by atoms with Gasteiger partial charge in [-0.1, -0.05) is 136 Å². The van der Waals surface area contributed by atoms with Crippen LogP contribution in [0.15, 0.2) is 140 Å². The third-order valence-electron chi connectivity index (χ3n) is 8.73. The van der Waals surface area contributed by atoms with Gasteiger partial charge in [0.05, 0.1) is 11.4 Å². The number of aliphatic hydroxyl groups is 1. The third kappa shape index (κ3) is 6.70. The Morgan fingerprint density at radius 2 is 1.26 bits per heavy atom. The number of nitrogens with zero attached hydrogens (tertiary/aromatic N) is 1. The van der Waals surface area contributed by atoms with Gasteiger partial charge in [0.1, 0.15) is 18.3 Å². The van der Waals surface area contributed by atoms with Crippen LogP contribution >= 0.6 is 0 Å². The Hall–Kier alpha value is -4.49. The first-order valence-corrected chi connectivity index (χ1v) is 17.5. The lowest BCUT2D eigenvalue weighted by Crippen LogP contribution is -2.53. The van der Waals surface area contributed by atoms with Gasteiger partial charge >= 0.3 is 6.09 Å². The van der Waals surface area contributed by atoms with Gasteiger partial charge in [-0.15, -0.1) is 0 Å². The molecule has 46 heavy (non-hydrogen) atoms. The molecule has 0 bridgehead atoms. The molecule has 0 spiro atoms. The van der Waals surface area contributed by atoms with Crippen molar-refractivity contribution >= 4 is 36.9 Å². The molecule has 0 aromatic heterocycles. The molecule has 6 heteroatoms. The fourth-order valence-electron chi connectivity index (χ4n) is 6.45. The Morgan fingerprint density at radius 1 is 0.761 bits per heavy atom. The van der Waals surface area contributed by atoms with Crippen LogP contribution in [0.2, 0.25) is 0 Å². The molecular formula is C40H41NO4Si. The predicted molar refractivity (Wildman–Crippen MR) is 188 cm³/mol. The zero-order chi connectivity index (χ0) is 32.1. The monoisotopic (exact) mass is 627 g/mol. The molecule has 1 aliphatic carbocycles. The lowest BCUT2D eigenvalue weighted by Gasteiger charge is -2.43. The van der Waals surface area contributed by atoms with E-state index in [4.69, 9.17) is 9.16 Å². The molecular weight excluding hydrogens is 587 g/mol. The van der Waals surface area contributed by atoms with Gasteiger partial charge < -0.3 is 14.3 Å². The van der Waals surface area contributed by atoms with Crippen LogP contribution in [0.1, 0.15) is 50.0 Å². The van der Waals surface area contributed by atoms with Crippen molar-refractivity contribution in [2.45, 2.75) is 50.7 Å². The minimum Gasteiger partial charge on any atom is -0.446 e. The molecule has 0 fully saturated rings. The number of hydrogen-bond acceptors (Lipinski definition) is 4. The Balaban J connectivity index is 1.38. The van der Waals surface area contributed by atoms with E-state index in [0.29, 0.717) is 24.2 Å². The first-order valence-electron chi connectivity index (χ1n) is 15.9. The maximum atomic E-state index is 13.9. The van der Waals surface area contributed by atoms with Crippen LogP contribution in [0.25, 0.3) is 0 Å². The fraction of sp³-hybridized carbons (Fsp3) is 0.225. The molecule has 2 atom stereocenters. The number of ether oxygens (including phenoxy) is 1. The molecule has 0 saturated heterocycles. The lowest BCUT2D eigenvalue weighted by atomic mass is 9.72. The Bertz CT molecular complexity index is 1660. The van der Waals surface area contributed by atoms with Crippen LogP contribution in [0.5, 0.6) is 0 Å². The number of carbonyl (C=O) groups is 1. The summed E-state index contributed by atoms with van der Waals surface area (Å²) in [5, 5.41) is 14.8. The first-order chi connectivity index (χ1) is 22.2. The minimum absolute atomic E-state index is 0.0840. The van der Waals surface area contributed by atoms with E-state index in [9.17, 15) is 9.90 Å². The highest BCUT2D eigenvalue weighted by molar-refractivity contribution is 6.80. The van der Waals surface area contributed by atoms with Crippen molar-refractivity contribution in [1.29, 1.82) is 0 Å². The molecule has 1 aliphatic rings. The average molecular weight is 628 g/mol. The second-order valence-electron chi connectivity index (χ2n) is 13.0. The Kier molecular flexibility index (Phi) is 9.22. The van der Waals surface area contributed by atoms with Gasteiger partial charge in [0, 0.05) is 0 Å². The van der Waals surface area contributed by atoms with Crippen molar-refractivity contribution in [1.82, 2.24) is 0 Å². The first kappa shape index (κ1) is 31.5. The quantitative estimate of drug-likeness (QED) is 0.185. The summed E-state index contributed by atoms with van der Waals surface area (Å²) in [6, 6.07) is 45.7. The smallest absolute Gasteiger partial charge is 0.419 e. The van der Waals surface area contributed by atoms with Gasteiger partial charge in [-0.2, -0.15) is 0 Å². The summed E-state index contributed by atoms with van der Waals surface area (Å²) < 4.78 is 13.3. The van der Waals surface area contributed by atoms with Gasteiger partial charge in [0.15, 0.2) is 0 Å². The molecule has 5 aromatic carbocycles. The molecule has 5 aromatic rings. The van der Waals surface area contributed by atoms with Crippen molar-refractivity contribution in [3.05, 3.63) is 156 Å². The van der Waals surface area contributed by atoms with Crippen LogP contribution in [0, 0.1) is 0 Å². The molecule has 5 nitrogen and oxygen atoms in total. The van der Waals surface area contributed by atoms with Gasteiger partial charge in [-0.3, -0.25) is 0 Å². The SMILES string of the molecule is CC(C)(C)c1cccc2c1CC[C@@](O)(COC(=O)N(c1ccccc1)c1ccccc1)C2O[SiH](c1ccccc1)c1ccccc1. The lowest BCUT2D eigenvalue weighted by molar-refractivity contribution is -0.108.